The van der Waals surface area contributed by atoms with E-state index in [-0.39, 0.29) is 0 Å². The van der Waals surface area contributed by atoms with Gasteiger partial charge in [-0.2, -0.15) is 0 Å². The van der Waals surface area contributed by atoms with Gasteiger partial charge in [0.1, 0.15) is 0 Å². The summed E-state index contributed by atoms with van der Waals surface area (Å²) < 4.78 is 0. The Bertz CT molecular complexity index is 427. The van der Waals surface area contributed by atoms with E-state index < -0.39 is 0 Å². The first kappa shape index (κ1) is 11.7. The Morgan fingerprint density at radius 3 is 3.06 bits per heavy atom. The molecule has 2 aliphatic rings. The molecular weight excluding hydrogens is 298 g/mol. The van der Waals surface area contributed by atoms with Crippen LogP contribution in [0, 0.1) is 5.92 Å². The number of rotatable bonds is 3. The first-order chi connectivity index (χ1) is 8.31. The zero-order valence-electron chi connectivity index (χ0n) is 9.69. The molecule has 0 bridgehead atoms. The summed E-state index contributed by atoms with van der Waals surface area (Å²) in [6, 6.07) is 2.62. The van der Waals surface area contributed by atoms with Crippen molar-refractivity contribution in [3.8, 4) is 0 Å². The van der Waals surface area contributed by atoms with Crippen LogP contribution < -0.4 is 0 Å². The monoisotopic (exact) mass is 313 g/mol. The summed E-state index contributed by atoms with van der Waals surface area (Å²) in [4.78, 5) is 15.8. The van der Waals surface area contributed by atoms with Crippen molar-refractivity contribution in [2.24, 2.45) is 5.92 Å². The van der Waals surface area contributed by atoms with Gasteiger partial charge in [-0.25, -0.2) is 0 Å². The van der Waals surface area contributed by atoms with Crippen LogP contribution in [0.5, 0.6) is 0 Å². The van der Waals surface area contributed by atoms with E-state index in [2.05, 4.69) is 32.3 Å². The van der Waals surface area contributed by atoms with E-state index in [1.165, 1.54) is 23.3 Å². The molecule has 4 heteroatoms. The van der Waals surface area contributed by atoms with Crippen LogP contribution in [0.3, 0.4) is 0 Å². The third-order valence-corrected chi connectivity index (χ3v) is 5.10. The van der Waals surface area contributed by atoms with Crippen molar-refractivity contribution in [1.82, 2.24) is 4.90 Å². The molecule has 3 rings (SSSR count). The maximum atomic E-state index is 12.2. The van der Waals surface area contributed by atoms with Crippen molar-refractivity contribution < 1.29 is 4.79 Å². The van der Waals surface area contributed by atoms with Crippen molar-refractivity contribution in [3.63, 3.8) is 0 Å². The lowest BCUT2D eigenvalue weighted by Gasteiger charge is -2.36. The minimum Gasteiger partial charge on any atom is -0.335 e. The fraction of sp³-hybridized carbons (Fsp3) is 0.615. The van der Waals surface area contributed by atoms with Gasteiger partial charge in [0, 0.05) is 23.2 Å². The maximum absolute atomic E-state index is 12.2. The Labute approximate surface area is 114 Å². The predicted molar refractivity (Wildman–Crippen MR) is 73.6 cm³/mol. The third-order valence-electron chi connectivity index (χ3n) is 3.71. The second-order valence-electron chi connectivity index (χ2n) is 4.86. The van der Waals surface area contributed by atoms with Gasteiger partial charge in [0.15, 0.2) is 0 Å². The minimum absolute atomic E-state index is 0.315. The van der Waals surface area contributed by atoms with Crippen LogP contribution in [0.4, 0.5) is 0 Å². The van der Waals surface area contributed by atoms with Gasteiger partial charge < -0.3 is 4.90 Å². The molecule has 17 heavy (non-hydrogen) atoms. The minimum atomic E-state index is 0.315. The number of carbonyl (C=O) groups is 1. The summed E-state index contributed by atoms with van der Waals surface area (Å²) in [6.07, 6.45) is 4.25. The van der Waals surface area contributed by atoms with Crippen LogP contribution in [-0.4, -0.2) is 22.7 Å². The number of carbonyl (C=O) groups excluding carboxylic acids is 1. The van der Waals surface area contributed by atoms with Gasteiger partial charge in [-0.05, 0) is 42.2 Å². The number of alkyl halides is 1. The van der Waals surface area contributed by atoms with Crippen molar-refractivity contribution in [1.29, 1.82) is 0 Å². The molecular formula is C13H16BrNOS. The molecule has 2 nitrogen and oxygen atoms in total. The van der Waals surface area contributed by atoms with Gasteiger partial charge in [-0.15, -0.1) is 11.3 Å². The van der Waals surface area contributed by atoms with Crippen molar-refractivity contribution in [2.45, 2.75) is 31.7 Å². The summed E-state index contributed by atoms with van der Waals surface area (Å²) in [7, 11) is 0. The lowest BCUT2D eigenvalue weighted by Crippen LogP contribution is -2.40. The van der Waals surface area contributed by atoms with E-state index >= 15 is 0 Å². The second-order valence-corrected chi connectivity index (χ2v) is 6.65. The van der Waals surface area contributed by atoms with E-state index in [4.69, 9.17) is 0 Å². The van der Waals surface area contributed by atoms with Crippen LogP contribution >= 0.6 is 27.3 Å². The summed E-state index contributed by atoms with van der Waals surface area (Å²) in [5.41, 5.74) is 1.44. The topological polar surface area (TPSA) is 20.3 Å². The SMILES string of the molecule is O=C(CCBr)N1CCc2sccc2C1C1CC1. The summed E-state index contributed by atoms with van der Waals surface area (Å²) in [6.45, 7) is 0.917. The van der Waals surface area contributed by atoms with Gasteiger partial charge in [-0.3, -0.25) is 4.79 Å². The molecule has 1 aliphatic carbocycles. The molecule has 1 saturated carbocycles. The standard InChI is InChI=1S/C13H16BrNOS/c14-6-3-12(16)15-7-4-11-10(5-8-17-11)13(15)9-1-2-9/h5,8-9,13H,1-4,6-7H2. The van der Waals surface area contributed by atoms with E-state index in [9.17, 15) is 4.79 Å². The summed E-state index contributed by atoms with van der Waals surface area (Å²) in [5, 5.41) is 2.95. The molecule has 1 aliphatic heterocycles. The molecule has 0 saturated heterocycles. The first-order valence-corrected chi connectivity index (χ1v) is 8.23. The number of thiophene rings is 1. The molecule has 1 atom stereocenters. The summed E-state index contributed by atoms with van der Waals surface area (Å²) in [5.74, 6) is 1.04. The number of nitrogens with zero attached hydrogens (tertiary/aromatic N) is 1. The van der Waals surface area contributed by atoms with Crippen molar-refractivity contribution in [2.75, 3.05) is 11.9 Å². The van der Waals surface area contributed by atoms with Crippen LogP contribution in [0.15, 0.2) is 11.4 Å². The van der Waals surface area contributed by atoms with Crippen molar-refractivity contribution in [3.05, 3.63) is 21.9 Å². The largest absolute Gasteiger partial charge is 0.335 e. The Morgan fingerprint density at radius 2 is 2.35 bits per heavy atom. The average Bonchev–Trinajstić information content (AvgIpc) is 3.05. The highest BCUT2D eigenvalue weighted by atomic mass is 79.9. The Hall–Kier alpha value is -0.350. The van der Waals surface area contributed by atoms with E-state index in [1.54, 1.807) is 0 Å². The predicted octanol–water partition coefficient (Wildman–Crippen LogP) is 3.37. The lowest BCUT2D eigenvalue weighted by atomic mass is 9.95. The number of amides is 1. The molecule has 0 spiro atoms. The van der Waals surface area contributed by atoms with Gasteiger partial charge in [0.25, 0.3) is 0 Å². The second kappa shape index (κ2) is 4.73. The molecule has 1 fully saturated rings. The highest BCUT2D eigenvalue weighted by Crippen LogP contribution is 2.48. The van der Waals surface area contributed by atoms with Gasteiger partial charge in [0.2, 0.25) is 5.91 Å². The molecule has 0 N–H and O–H groups in total. The Morgan fingerprint density at radius 1 is 1.53 bits per heavy atom. The molecule has 1 amide bonds. The average molecular weight is 314 g/mol. The zero-order valence-corrected chi connectivity index (χ0v) is 12.1. The molecule has 1 unspecified atom stereocenters. The van der Waals surface area contributed by atoms with Crippen molar-refractivity contribution >= 4 is 33.2 Å². The number of hydrogen-bond donors (Lipinski definition) is 0. The summed E-state index contributed by atoms with van der Waals surface area (Å²) >= 11 is 5.22. The molecule has 1 aromatic heterocycles. The molecule has 2 heterocycles. The first-order valence-electron chi connectivity index (χ1n) is 6.23. The smallest absolute Gasteiger partial charge is 0.223 e. The van der Waals surface area contributed by atoms with Gasteiger partial charge in [0.05, 0.1) is 6.04 Å². The number of fused-ring (bicyclic) bond motifs is 1. The fourth-order valence-electron chi connectivity index (χ4n) is 2.77. The van der Waals surface area contributed by atoms with Crippen LogP contribution in [0.2, 0.25) is 0 Å². The normalized spacial score (nSPS) is 23.6. The van der Waals surface area contributed by atoms with Crippen LogP contribution in [0.25, 0.3) is 0 Å². The van der Waals surface area contributed by atoms with Gasteiger partial charge in [-0.1, -0.05) is 15.9 Å². The fourth-order valence-corrected chi connectivity index (χ4v) is 4.02. The molecule has 0 radical (unpaired) electrons. The quantitative estimate of drug-likeness (QED) is 0.783. The van der Waals surface area contributed by atoms with E-state index in [1.807, 2.05) is 11.3 Å². The van der Waals surface area contributed by atoms with E-state index in [0.717, 1.165) is 24.2 Å². The number of halogens is 1. The molecule has 0 aromatic carbocycles. The van der Waals surface area contributed by atoms with Crippen LogP contribution in [0.1, 0.15) is 35.7 Å². The Balaban J connectivity index is 1.88. The Kier molecular flexibility index (Phi) is 3.26. The number of hydrogen-bond acceptors (Lipinski definition) is 2. The third kappa shape index (κ3) is 2.17. The van der Waals surface area contributed by atoms with E-state index in [0.29, 0.717) is 18.4 Å². The highest BCUT2D eigenvalue weighted by Gasteiger charge is 2.41. The maximum Gasteiger partial charge on any atom is 0.223 e. The zero-order chi connectivity index (χ0) is 11.8. The lowest BCUT2D eigenvalue weighted by molar-refractivity contribution is -0.134. The van der Waals surface area contributed by atoms with Crippen LogP contribution in [-0.2, 0) is 11.2 Å². The highest BCUT2D eigenvalue weighted by molar-refractivity contribution is 9.09. The molecule has 92 valence electrons. The molecule has 1 aromatic rings. The van der Waals surface area contributed by atoms with Gasteiger partial charge >= 0.3 is 0 Å².